The Morgan fingerprint density at radius 3 is 2.38 bits per heavy atom. The summed E-state index contributed by atoms with van der Waals surface area (Å²) in [6, 6.07) is 13.9. The number of fused-ring (bicyclic) bond motifs is 1. The first-order valence-corrected chi connectivity index (χ1v) is 10.7. The van der Waals surface area contributed by atoms with E-state index in [4.69, 9.17) is 0 Å². The van der Waals surface area contributed by atoms with E-state index in [0.29, 0.717) is 16.9 Å². The molecule has 0 spiro atoms. The van der Waals surface area contributed by atoms with E-state index in [1.807, 2.05) is 35.8 Å². The van der Waals surface area contributed by atoms with E-state index >= 15 is 0 Å². The van der Waals surface area contributed by atoms with Gasteiger partial charge in [0.1, 0.15) is 0 Å². The minimum Gasteiger partial charge on any atom is -0.317 e. The van der Waals surface area contributed by atoms with Crippen molar-refractivity contribution in [1.82, 2.24) is 4.57 Å². The number of hydrogen-bond acceptors (Lipinski definition) is 4. The molecular formula is C19H20N2O3S2. The number of carbonyl (C=O) groups is 1. The minimum absolute atomic E-state index is 0.217. The molecule has 3 rings (SSSR count). The number of carbonyl (C=O) groups excluding carboxylic acids is 1. The van der Waals surface area contributed by atoms with Gasteiger partial charge < -0.3 is 4.57 Å². The van der Waals surface area contributed by atoms with Crippen LogP contribution < -0.4 is 4.80 Å². The van der Waals surface area contributed by atoms with Crippen molar-refractivity contribution in [2.24, 2.45) is 4.99 Å². The molecule has 1 amide bonds. The maximum Gasteiger partial charge on any atom is 0.279 e. The summed E-state index contributed by atoms with van der Waals surface area (Å²) in [5.41, 5.74) is 1.41. The highest BCUT2D eigenvalue weighted by Crippen LogP contribution is 2.18. The van der Waals surface area contributed by atoms with E-state index in [1.54, 1.807) is 13.8 Å². The number of hydrogen-bond donors (Lipinski definition) is 0. The average Bonchev–Trinajstić information content (AvgIpc) is 2.98. The number of rotatable bonds is 4. The van der Waals surface area contributed by atoms with Crippen molar-refractivity contribution in [1.29, 1.82) is 0 Å². The second-order valence-electron chi connectivity index (χ2n) is 6.13. The molecule has 0 unspecified atom stereocenters. The summed E-state index contributed by atoms with van der Waals surface area (Å²) in [5.74, 6) is -0.382. The van der Waals surface area contributed by atoms with Crippen molar-refractivity contribution in [3.8, 4) is 0 Å². The van der Waals surface area contributed by atoms with Gasteiger partial charge in [0.25, 0.3) is 5.91 Å². The summed E-state index contributed by atoms with van der Waals surface area (Å²) in [7, 11) is -3.35. The fraction of sp³-hybridized carbons (Fsp3) is 0.263. The zero-order valence-corrected chi connectivity index (χ0v) is 16.5. The lowest BCUT2D eigenvalue weighted by molar-refractivity contribution is 0.0997. The smallest absolute Gasteiger partial charge is 0.279 e. The quantitative estimate of drug-likeness (QED) is 0.685. The van der Waals surface area contributed by atoms with Crippen LogP contribution in [0.3, 0.4) is 0 Å². The number of aromatic nitrogens is 1. The lowest BCUT2D eigenvalue weighted by atomic mass is 10.2. The number of benzene rings is 2. The summed E-state index contributed by atoms with van der Waals surface area (Å²) in [4.78, 5) is 17.6. The van der Waals surface area contributed by atoms with E-state index in [9.17, 15) is 13.2 Å². The van der Waals surface area contributed by atoms with Crippen LogP contribution in [0, 0.1) is 0 Å². The van der Waals surface area contributed by atoms with Crippen LogP contribution in [0.1, 0.15) is 31.1 Å². The predicted octanol–water partition coefficient (Wildman–Crippen LogP) is 3.65. The SMILES string of the molecule is CCn1c(=NC(=O)c2ccc(S(=O)(=O)C(C)C)cc2)sc2ccccc21. The number of amides is 1. The van der Waals surface area contributed by atoms with Gasteiger partial charge in [0, 0.05) is 12.1 Å². The Balaban J connectivity index is 2.00. The Kier molecular flexibility index (Phi) is 5.11. The fourth-order valence-electron chi connectivity index (χ4n) is 2.62. The van der Waals surface area contributed by atoms with Crippen molar-refractivity contribution in [3.05, 3.63) is 58.9 Å². The number of nitrogens with zero attached hydrogens (tertiary/aromatic N) is 2. The van der Waals surface area contributed by atoms with Crippen molar-refractivity contribution in [3.63, 3.8) is 0 Å². The Hall–Kier alpha value is -2.25. The van der Waals surface area contributed by atoms with E-state index in [1.165, 1.54) is 35.6 Å². The molecule has 0 N–H and O–H groups in total. The van der Waals surface area contributed by atoms with E-state index in [-0.39, 0.29) is 10.8 Å². The standard InChI is InChI=1S/C19H20N2O3S2/c1-4-21-16-7-5-6-8-17(16)25-19(21)20-18(22)14-9-11-15(12-10-14)26(23,24)13(2)3/h5-13H,4H2,1-3H3. The highest BCUT2D eigenvalue weighted by atomic mass is 32.2. The van der Waals surface area contributed by atoms with E-state index in [0.717, 1.165) is 10.2 Å². The van der Waals surface area contributed by atoms with Crippen LogP contribution in [0.25, 0.3) is 10.2 Å². The Morgan fingerprint density at radius 2 is 1.77 bits per heavy atom. The lowest BCUT2D eigenvalue weighted by Gasteiger charge is -2.07. The molecule has 0 saturated carbocycles. The van der Waals surface area contributed by atoms with E-state index in [2.05, 4.69) is 4.99 Å². The number of para-hydroxylation sites is 1. The molecule has 0 aliphatic rings. The maximum atomic E-state index is 12.5. The summed E-state index contributed by atoms with van der Waals surface area (Å²) >= 11 is 1.46. The summed E-state index contributed by atoms with van der Waals surface area (Å²) in [6.07, 6.45) is 0. The van der Waals surface area contributed by atoms with Gasteiger partial charge in [0.05, 0.1) is 20.4 Å². The van der Waals surface area contributed by atoms with Crippen LogP contribution in [0.15, 0.2) is 58.4 Å². The first kappa shape index (κ1) is 18.5. The van der Waals surface area contributed by atoms with Gasteiger partial charge in [-0.15, -0.1) is 0 Å². The molecule has 0 aliphatic heterocycles. The van der Waals surface area contributed by atoms with Gasteiger partial charge in [-0.2, -0.15) is 4.99 Å². The summed E-state index contributed by atoms with van der Waals surface area (Å²) in [6.45, 7) is 5.99. The molecular weight excluding hydrogens is 368 g/mol. The second-order valence-corrected chi connectivity index (χ2v) is 9.65. The molecule has 7 heteroatoms. The average molecular weight is 389 g/mol. The van der Waals surface area contributed by atoms with Crippen molar-refractivity contribution in [2.45, 2.75) is 37.5 Å². The van der Waals surface area contributed by atoms with Gasteiger partial charge in [-0.25, -0.2) is 8.42 Å². The number of thiazole rings is 1. The highest BCUT2D eigenvalue weighted by molar-refractivity contribution is 7.92. The van der Waals surface area contributed by atoms with Crippen LogP contribution in [0.5, 0.6) is 0 Å². The normalized spacial score (nSPS) is 12.8. The van der Waals surface area contributed by atoms with Crippen LogP contribution >= 0.6 is 11.3 Å². The second kappa shape index (κ2) is 7.17. The third-order valence-electron chi connectivity index (χ3n) is 4.15. The number of sulfone groups is 1. The Morgan fingerprint density at radius 1 is 1.12 bits per heavy atom. The van der Waals surface area contributed by atoms with Crippen molar-refractivity contribution >= 4 is 37.3 Å². The van der Waals surface area contributed by atoms with Crippen molar-refractivity contribution in [2.75, 3.05) is 0 Å². The van der Waals surface area contributed by atoms with Gasteiger partial charge in [-0.3, -0.25) is 4.79 Å². The Bertz CT molecular complexity index is 1120. The monoisotopic (exact) mass is 388 g/mol. The van der Waals surface area contributed by atoms with Crippen LogP contribution in [-0.2, 0) is 16.4 Å². The van der Waals surface area contributed by atoms with Crippen molar-refractivity contribution < 1.29 is 13.2 Å². The molecule has 0 radical (unpaired) electrons. The van der Waals surface area contributed by atoms with Crippen LogP contribution in [-0.4, -0.2) is 24.1 Å². The first-order chi connectivity index (χ1) is 12.3. The molecule has 0 bridgehead atoms. The maximum absolute atomic E-state index is 12.5. The molecule has 136 valence electrons. The summed E-state index contributed by atoms with van der Waals surface area (Å²) < 4.78 is 27.4. The van der Waals surface area contributed by atoms with Crippen LogP contribution in [0.2, 0.25) is 0 Å². The van der Waals surface area contributed by atoms with Gasteiger partial charge in [0.15, 0.2) is 14.6 Å². The molecule has 1 aromatic heterocycles. The van der Waals surface area contributed by atoms with E-state index < -0.39 is 15.1 Å². The molecule has 5 nitrogen and oxygen atoms in total. The predicted molar refractivity (Wildman–Crippen MR) is 104 cm³/mol. The zero-order valence-electron chi connectivity index (χ0n) is 14.8. The van der Waals surface area contributed by atoms with Gasteiger partial charge in [-0.05, 0) is 57.2 Å². The fourth-order valence-corrected chi connectivity index (χ4v) is 4.77. The molecule has 0 saturated heterocycles. The topological polar surface area (TPSA) is 68.5 Å². The summed E-state index contributed by atoms with van der Waals surface area (Å²) in [5, 5.41) is -0.504. The minimum atomic E-state index is -3.35. The molecule has 0 fully saturated rings. The lowest BCUT2D eigenvalue weighted by Crippen LogP contribution is -2.16. The highest BCUT2D eigenvalue weighted by Gasteiger charge is 2.19. The molecule has 26 heavy (non-hydrogen) atoms. The number of aryl methyl sites for hydroxylation is 1. The largest absolute Gasteiger partial charge is 0.317 e. The van der Waals surface area contributed by atoms with Crippen LogP contribution in [0.4, 0.5) is 0 Å². The molecule has 0 atom stereocenters. The third-order valence-corrected chi connectivity index (χ3v) is 7.38. The van der Waals surface area contributed by atoms with Gasteiger partial charge >= 0.3 is 0 Å². The third kappa shape index (κ3) is 3.37. The Labute approximate surface area is 156 Å². The molecule has 0 aliphatic carbocycles. The van der Waals surface area contributed by atoms with Gasteiger partial charge in [-0.1, -0.05) is 23.5 Å². The van der Waals surface area contributed by atoms with Gasteiger partial charge in [0.2, 0.25) is 0 Å². The molecule has 2 aromatic carbocycles. The first-order valence-electron chi connectivity index (χ1n) is 8.36. The molecule has 3 aromatic rings. The molecule has 1 heterocycles. The zero-order chi connectivity index (χ0) is 18.9.